The van der Waals surface area contributed by atoms with Crippen molar-refractivity contribution in [3.63, 3.8) is 0 Å². The first-order valence-corrected chi connectivity index (χ1v) is 32.2. The Morgan fingerprint density at radius 2 is 0.513 bits per heavy atom. The summed E-state index contributed by atoms with van der Waals surface area (Å²) in [7, 11) is 0. The molecule has 76 heavy (non-hydrogen) atoms. The maximum absolute atomic E-state index is 12.9. The molecule has 0 aromatic heterocycles. The highest BCUT2D eigenvalue weighted by molar-refractivity contribution is 5.71. The highest BCUT2D eigenvalue weighted by atomic mass is 16.6. The maximum Gasteiger partial charge on any atom is 0.306 e. The molecular weight excluding hydrogens is 937 g/mol. The zero-order chi connectivity index (χ0) is 55.0. The monoisotopic (exact) mass is 1060 g/mol. The van der Waals surface area contributed by atoms with Gasteiger partial charge in [-0.2, -0.15) is 0 Å². The van der Waals surface area contributed by atoms with Gasteiger partial charge in [0.25, 0.3) is 0 Å². The first-order chi connectivity index (χ1) is 37.5. The van der Waals surface area contributed by atoms with E-state index < -0.39 is 6.10 Å². The van der Waals surface area contributed by atoms with Crippen LogP contribution in [0.1, 0.15) is 310 Å². The summed E-state index contributed by atoms with van der Waals surface area (Å²) in [4.78, 5) is 38.3. The Hall–Kier alpha value is -3.67. The average Bonchev–Trinajstić information content (AvgIpc) is 3.42. The molecule has 0 radical (unpaired) electrons. The number of allylic oxidation sites excluding steroid dienone is 16. The van der Waals surface area contributed by atoms with Crippen LogP contribution in [-0.4, -0.2) is 37.2 Å². The molecule has 0 spiro atoms. The minimum atomic E-state index is -0.787. The Kier molecular flexibility index (Phi) is 60.8. The number of esters is 3. The van der Waals surface area contributed by atoms with E-state index in [0.29, 0.717) is 19.3 Å². The van der Waals surface area contributed by atoms with Crippen LogP contribution in [0, 0.1) is 0 Å². The first kappa shape index (κ1) is 72.3. The van der Waals surface area contributed by atoms with Gasteiger partial charge in [-0.15, -0.1) is 0 Å². The molecule has 0 fully saturated rings. The minimum Gasteiger partial charge on any atom is -0.462 e. The third-order valence-electron chi connectivity index (χ3n) is 13.8. The molecule has 0 bridgehead atoms. The van der Waals surface area contributed by atoms with Crippen molar-refractivity contribution in [3.8, 4) is 0 Å². The lowest BCUT2D eigenvalue weighted by molar-refractivity contribution is -0.167. The van der Waals surface area contributed by atoms with E-state index in [-0.39, 0.29) is 31.1 Å². The van der Waals surface area contributed by atoms with Gasteiger partial charge in [0, 0.05) is 19.3 Å². The van der Waals surface area contributed by atoms with Gasteiger partial charge in [0.1, 0.15) is 13.2 Å². The lowest BCUT2D eigenvalue weighted by atomic mass is 10.0. The third-order valence-corrected chi connectivity index (χ3v) is 13.8. The fraction of sp³-hybridized carbons (Fsp3) is 0.729. The Morgan fingerprint density at radius 3 is 0.803 bits per heavy atom. The van der Waals surface area contributed by atoms with Crippen molar-refractivity contribution in [3.05, 3.63) is 97.2 Å². The first-order valence-electron chi connectivity index (χ1n) is 32.2. The molecule has 0 aromatic carbocycles. The van der Waals surface area contributed by atoms with Crippen LogP contribution in [0.4, 0.5) is 0 Å². The van der Waals surface area contributed by atoms with Gasteiger partial charge in [0.2, 0.25) is 0 Å². The molecule has 1 unspecified atom stereocenters. The fourth-order valence-electron chi connectivity index (χ4n) is 9.01. The molecule has 0 heterocycles. The van der Waals surface area contributed by atoms with Crippen molar-refractivity contribution in [1.82, 2.24) is 0 Å². The topological polar surface area (TPSA) is 78.9 Å². The van der Waals surface area contributed by atoms with E-state index in [4.69, 9.17) is 14.2 Å². The van der Waals surface area contributed by atoms with E-state index in [9.17, 15) is 14.4 Å². The van der Waals surface area contributed by atoms with Crippen molar-refractivity contribution < 1.29 is 28.6 Å². The number of rotatable bonds is 58. The van der Waals surface area contributed by atoms with Gasteiger partial charge in [0.05, 0.1) is 0 Å². The van der Waals surface area contributed by atoms with Crippen LogP contribution in [0.2, 0.25) is 0 Å². The van der Waals surface area contributed by atoms with E-state index in [1.54, 1.807) is 0 Å². The van der Waals surface area contributed by atoms with Crippen molar-refractivity contribution >= 4 is 17.9 Å². The van der Waals surface area contributed by atoms with Gasteiger partial charge in [-0.25, -0.2) is 0 Å². The molecule has 436 valence electrons. The van der Waals surface area contributed by atoms with E-state index in [1.165, 1.54) is 154 Å². The van der Waals surface area contributed by atoms with E-state index in [1.807, 2.05) is 0 Å². The SMILES string of the molecule is CC/C=C\C/C=C\C/C=C\C/C=C\C/C=C\CCCCCCCCCC(=O)OCC(COC(=O)CCCCCCCCCCCCCC)OC(=O)CCCCCCCCCC/C=C\C/C=C\C/C=C\CCCCCCC. The highest BCUT2D eigenvalue weighted by Crippen LogP contribution is 2.16. The summed E-state index contributed by atoms with van der Waals surface area (Å²) in [6.45, 7) is 6.52. The second-order valence-corrected chi connectivity index (χ2v) is 21.3. The zero-order valence-electron chi connectivity index (χ0n) is 50.0. The Balaban J connectivity index is 4.36. The Bertz CT molecular complexity index is 1490. The number of ether oxygens (including phenoxy) is 3. The largest absolute Gasteiger partial charge is 0.462 e. The molecule has 0 aliphatic heterocycles. The van der Waals surface area contributed by atoms with Gasteiger partial charge in [-0.3, -0.25) is 14.4 Å². The van der Waals surface area contributed by atoms with Crippen LogP contribution in [0.15, 0.2) is 97.2 Å². The Morgan fingerprint density at radius 1 is 0.276 bits per heavy atom. The summed E-state index contributed by atoms with van der Waals surface area (Å²) in [6, 6.07) is 0. The number of carbonyl (C=O) groups excluding carboxylic acids is 3. The highest BCUT2D eigenvalue weighted by Gasteiger charge is 2.19. The second kappa shape index (κ2) is 63.9. The smallest absolute Gasteiger partial charge is 0.306 e. The van der Waals surface area contributed by atoms with Crippen LogP contribution < -0.4 is 0 Å². The van der Waals surface area contributed by atoms with E-state index in [2.05, 4.69) is 118 Å². The molecule has 0 saturated carbocycles. The summed E-state index contributed by atoms with van der Waals surface area (Å²) in [5, 5.41) is 0. The molecule has 6 nitrogen and oxygen atoms in total. The molecule has 0 aliphatic rings. The van der Waals surface area contributed by atoms with E-state index >= 15 is 0 Å². The minimum absolute atomic E-state index is 0.0821. The van der Waals surface area contributed by atoms with Crippen LogP contribution >= 0.6 is 0 Å². The summed E-state index contributed by atoms with van der Waals surface area (Å²) >= 11 is 0. The number of carbonyl (C=O) groups is 3. The maximum atomic E-state index is 12.9. The van der Waals surface area contributed by atoms with Crippen molar-refractivity contribution in [2.75, 3.05) is 13.2 Å². The second-order valence-electron chi connectivity index (χ2n) is 21.3. The van der Waals surface area contributed by atoms with Gasteiger partial charge >= 0.3 is 17.9 Å². The van der Waals surface area contributed by atoms with Crippen LogP contribution in [0.5, 0.6) is 0 Å². The molecule has 1 atom stereocenters. The van der Waals surface area contributed by atoms with Gasteiger partial charge in [-0.05, 0) is 103 Å². The number of hydrogen-bond donors (Lipinski definition) is 0. The van der Waals surface area contributed by atoms with Crippen molar-refractivity contribution in [2.45, 2.75) is 316 Å². The number of unbranched alkanes of at least 4 members (excludes halogenated alkanes) is 31. The molecule has 0 rings (SSSR count). The van der Waals surface area contributed by atoms with Crippen molar-refractivity contribution in [1.29, 1.82) is 0 Å². The summed E-state index contributed by atoms with van der Waals surface area (Å²) < 4.78 is 16.9. The third kappa shape index (κ3) is 61.2. The summed E-state index contributed by atoms with van der Waals surface area (Å²) in [5.74, 6) is -0.891. The van der Waals surface area contributed by atoms with Crippen molar-refractivity contribution in [2.24, 2.45) is 0 Å². The molecule has 0 N–H and O–H groups in total. The normalized spacial score (nSPS) is 12.7. The molecular formula is C70H120O6. The molecule has 6 heteroatoms. The molecule has 0 aromatic rings. The molecule has 0 saturated heterocycles. The van der Waals surface area contributed by atoms with Gasteiger partial charge in [-0.1, -0.05) is 285 Å². The summed E-state index contributed by atoms with van der Waals surface area (Å²) in [6.07, 6.45) is 85.5. The quantitative estimate of drug-likeness (QED) is 0.0261. The van der Waals surface area contributed by atoms with Crippen LogP contribution in [0.3, 0.4) is 0 Å². The average molecular weight is 1060 g/mol. The lowest BCUT2D eigenvalue weighted by Crippen LogP contribution is -2.30. The standard InChI is InChI=1S/C70H120O6/c1-4-7-10-13-16-19-22-25-27-29-31-33-35-37-39-41-43-45-48-51-54-57-60-63-69(72)75-66-67(65-74-68(71)62-59-56-53-50-47-24-21-18-15-12-9-6-3)76-70(73)64-61-58-55-52-49-46-44-42-40-38-36-34-32-30-28-26-23-20-17-14-11-8-5-2/h7,10,16,19,23,25-27,30-33,36-39,67H,4-6,8-9,11-15,17-18,20-22,24,28-29,34-35,40-66H2,1-3H3/b10-7-,19-16-,26-23-,27-25-,32-30-,33-31-,38-36-,39-37-. The van der Waals surface area contributed by atoms with Crippen LogP contribution in [-0.2, 0) is 28.6 Å². The van der Waals surface area contributed by atoms with Crippen LogP contribution in [0.25, 0.3) is 0 Å². The van der Waals surface area contributed by atoms with Gasteiger partial charge < -0.3 is 14.2 Å². The Labute approximate surface area is 470 Å². The fourth-order valence-corrected chi connectivity index (χ4v) is 9.01. The zero-order valence-corrected chi connectivity index (χ0v) is 50.0. The predicted molar refractivity (Wildman–Crippen MR) is 330 cm³/mol. The molecule has 0 amide bonds. The molecule has 0 aliphatic carbocycles. The lowest BCUT2D eigenvalue weighted by Gasteiger charge is -2.18. The number of hydrogen-bond acceptors (Lipinski definition) is 6. The van der Waals surface area contributed by atoms with Gasteiger partial charge in [0.15, 0.2) is 6.10 Å². The van der Waals surface area contributed by atoms with E-state index in [0.717, 1.165) is 116 Å². The predicted octanol–water partition coefficient (Wildman–Crippen LogP) is 22.0. The summed E-state index contributed by atoms with van der Waals surface area (Å²) in [5.41, 5.74) is 0.